The Morgan fingerprint density at radius 2 is 2.07 bits per heavy atom. The van der Waals surface area contributed by atoms with Crippen LogP contribution in [0.2, 0.25) is 0 Å². The lowest BCUT2D eigenvalue weighted by Gasteiger charge is -2.18. The van der Waals surface area contributed by atoms with Crippen LogP contribution < -0.4 is 0 Å². The molecular formula is C14H16. The maximum Gasteiger partial charge on any atom is -0.0192 e. The van der Waals surface area contributed by atoms with Crippen LogP contribution in [0.5, 0.6) is 0 Å². The summed E-state index contributed by atoms with van der Waals surface area (Å²) in [6.45, 7) is 6.01. The van der Waals surface area contributed by atoms with Gasteiger partial charge in [0.15, 0.2) is 0 Å². The first-order valence-corrected chi connectivity index (χ1v) is 5.22. The van der Waals surface area contributed by atoms with Crippen LogP contribution in [0.25, 0.3) is 5.57 Å². The molecule has 0 heteroatoms. The largest absolute Gasteiger partial charge is 0.0961 e. The van der Waals surface area contributed by atoms with Gasteiger partial charge in [-0.25, -0.2) is 0 Å². The SMILES string of the molecule is C=C(C)/C=C1\CCCc2ccccc21. The molecule has 1 aliphatic rings. The number of hydrogen-bond donors (Lipinski definition) is 0. The summed E-state index contributed by atoms with van der Waals surface area (Å²) in [6.07, 6.45) is 5.92. The summed E-state index contributed by atoms with van der Waals surface area (Å²) in [7, 11) is 0. The van der Waals surface area contributed by atoms with E-state index in [-0.39, 0.29) is 0 Å². The molecule has 0 fully saturated rings. The van der Waals surface area contributed by atoms with E-state index >= 15 is 0 Å². The molecule has 0 aliphatic heterocycles. The molecule has 0 amide bonds. The van der Waals surface area contributed by atoms with E-state index in [0.717, 1.165) is 5.57 Å². The maximum atomic E-state index is 3.95. The molecule has 0 nitrogen and oxygen atoms in total. The van der Waals surface area contributed by atoms with Crippen molar-refractivity contribution in [1.82, 2.24) is 0 Å². The lowest BCUT2D eigenvalue weighted by Crippen LogP contribution is -2.01. The van der Waals surface area contributed by atoms with Crippen LogP contribution in [0, 0.1) is 0 Å². The molecule has 0 heterocycles. The van der Waals surface area contributed by atoms with Crippen molar-refractivity contribution in [1.29, 1.82) is 0 Å². The van der Waals surface area contributed by atoms with Gasteiger partial charge < -0.3 is 0 Å². The van der Waals surface area contributed by atoms with E-state index in [1.54, 1.807) is 0 Å². The third kappa shape index (κ3) is 1.79. The number of fused-ring (bicyclic) bond motifs is 1. The summed E-state index contributed by atoms with van der Waals surface area (Å²) in [5.74, 6) is 0. The molecule has 1 aliphatic carbocycles. The summed E-state index contributed by atoms with van der Waals surface area (Å²) < 4.78 is 0. The number of allylic oxidation sites excluding steroid dienone is 3. The van der Waals surface area contributed by atoms with E-state index in [1.165, 1.54) is 36.0 Å². The number of rotatable bonds is 1. The minimum absolute atomic E-state index is 1.15. The maximum absolute atomic E-state index is 3.95. The van der Waals surface area contributed by atoms with Crippen LogP contribution in [-0.4, -0.2) is 0 Å². The minimum atomic E-state index is 1.15. The molecule has 0 aromatic heterocycles. The molecule has 0 N–H and O–H groups in total. The Labute approximate surface area is 86.0 Å². The first-order chi connectivity index (χ1) is 6.77. The van der Waals surface area contributed by atoms with Crippen molar-refractivity contribution in [3.63, 3.8) is 0 Å². The normalized spacial score (nSPS) is 17.9. The van der Waals surface area contributed by atoms with Gasteiger partial charge in [-0.05, 0) is 42.9 Å². The minimum Gasteiger partial charge on any atom is -0.0961 e. The van der Waals surface area contributed by atoms with Crippen LogP contribution in [0.15, 0.2) is 42.5 Å². The van der Waals surface area contributed by atoms with Gasteiger partial charge in [-0.15, -0.1) is 0 Å². The predicted octanol–water partition coefficient (Wildman–Crippen LogP) is 3.98. The smallest absolute Gasteiger partial charge is 0.0192 e. The number of hydrogen-bond acceptors (Lipinski definition) is 0. The topological polar surface area (TPSA) is 0 Å². The zero-order valence-corrected chi connectivity index (χ0v) is 8.72. The van der Waals surface area contributed by atoms with Crippen molar-refractivity contribution in [3.05, 3.63) is 53.6 Å². The molecule has 0 bridgehead atoms. The average molecular weight is 184 g/mol. The van der Waals surface area contributed by atoms with E-state index in [9.17, 15) is 0 Å². The Bertz CT molecular complexity index is 383. The van der Waals surface area contributed by atoms with Gasteiger partial charge in [0.05, 0.1) is 0 Å². The van der Waals surface area contributed by atoms with E-state index < -0.39 is 0 Å². The van der Waals surface area contributed by atoms with Gasteiger partial charge >= 0.3 is 0 Å². The van der Waals surface area contributed by atoms with Gasteiger partial charge in [0.2, 0.25) is 0 Å². The quantitative estimate of drug-likeness (QED) is 0.619. The fraction of sp³-hybridized carbons (Fsp3) is 0.286. The Morgan fingerprint density at radius 3 is 2.86 bits per heavy atom. The van der Waals surface area contributed by atoms with Crippen LogP contribution in [0.1, 0.15) is 30.9 Å². The molecule has 0 atom stereocenters. The predicted molar refractivity (Wildman–Crippen MR) is 62.2 cm³/mol. The highest BCUT2D eigenvalue weighted by molar-refractivity contribution is 5.71. The van der Waals surface area contributed by atoms with E-state index in [4.69, 9.17) is 0 Å². The zero-order chi connectivity index (χ0) is 9.97. The molecule has 0 radical (unpaired) electrons. The third-order valence-electron chi connectivity index (χ3n) is 2.68. The molecular weight excluding hydrogens is 168 g/mol. The van der Waals surface area contributed by atoms with Gasteiger partial charge in [0.1, 0.15) is 0 Å². The van der Waals surface area contributed by atoms with Gasteiger partial charge in [-0.3, -0.25) is 0 Å². The van der Waals surface area contributed by atoms with E-state index in [2.05, 4.69) is 43.8 Å². The fourth-order valence-corrected chi connectivity index (χ4v) is 2.10. The van der Waals surface area contributed by atoms with Crippen LogP contribution in [-0.2, 0) is 6.42 Å². The monoisotopic (exact) mass is 184 g/mol. The molecule has 0 spiro atoms. The lowest BCUT2D eigenvalue weighted by atomic mass is 9.87. The van der Waals surface area contributed by atoms with Crippen molar-refractivity contribution in [2.45, 2.75) is 26.2 Å². The molecule has 1 aromatic rings. The van der Waals surface area contributed by atoms with Crippen LogP contribution in [0.4, 0.5) is 0 Å². The van der Waals surface area contributed by atoms with Crippen molar-refractivity contribution in [2.24, 2.45) is 0 Å². The molecule has 14 heavy (non-hydrogen) atoms. The first kappa shape index (κ1) is 9.26. The number of benzene rings is 1. The van der Waals surface area contributed by atoms with E-state index in [0.29, 0.717) is 0 Å². The Morgan fingerprint density at radius 1 is 1.29 bits per heavy atom. The Balaban J connectivity index is 2.45. The van der Waals surface area contributed by atoms with Crippen LogP contribution >= 0.6 is 0 Å². The second-order valence-electron chi connectivity index (χ2n) is 4.03. The number of aryl methyl sites for hydroxylation is 1. The molecule has 1 aromatic carbocycles. The Hall–Kier alpha value is -1.30. The summed E-state index contributed by atoms with van der Waals surface area (Å²) in [6, 6.07) is 8.71. The standard InChI is InChI=1S/C14H16/c1-11(2)10-13-8-5-7-12-6-3-4-9-14(12)13/h3-4,6,9-10H,1,5,7-8H2,2H3/b13-10+. The first-order valence-electron chi connectivity index (χ1n) is 5.22. The van der Waals surface area contributed by atoms with Gasteiger partial charge in [0.25, 0.3) is 0 Å². The van der Waals surface area contributed by atoms with Crippen molar-refractivity contribution in [3.8, 4) is 0 Å². The highest BCUT2D eigenvalue weighted by atomic mass is 14.2. The molecule has 0 saturated carbocycles. The molecule has 2 rings (SSSR count). The summed E-state index contributed by atoms with van der Waals surface area (Å²) in [4.78, 5) is 0. The second kappa shape index (κ2) is 3.83. The third-order valence-corrected chi connectivity index (χ3v) is 2.68. The van der Waals surface area contributed by atoms with Crippen LogP contribution in [0.3, 0.4) is 0 Å². The average Bonchev–Trinajstić information content (AvgIpc) is 2.18. The molecule has 0 unspecified atom stereocenters. The van der Waals surface area contributed by atoms with E-state index in [1.807, 2.05) is 0 Å². The fourth-order valence-electron chi connectivity index (χ4n) is 2.10. The van der Waals surface area contributed by atoms with Crippen molar-refractivity contribution in [2.75, 3.05) is 0 Å². The van der Waals surface area contributed by atoms with Crippen molar-refractivity contribution < 1.29 is 0 Å². The summed E-state index contributed by atoms with van der Waals surface area (Å²) >= 11 is 0. The van der Waals surface area contributed by atoms with Gasteiger partial charge in [0, 0.05) is 0 Å². The summed E-state index contributed by atoms with van der Waals surface area (Å²) in [5.41, 5.74) is 5.53. The van der Waals surface area contributed by atoms with Crippen molar-refractivity contribution >= 4 is 5.57 Å². The van der Waals surface area contributed by atoms with Gasteiger partial charge in [-0.2, -0.15) is 0 Å². The Kier molecular flexibility index (Phi) is 2.53. The zero-order valence-electron chi connectivity index (χ0n) is 8.72. The highest BCUT2D eigenvalue weighted by Crippen LogP contribution is 2.30. The summed E-state index contributed by atoms with van der Waals surface area (Å²) in [5, 5.41) is 0. The lowest BCUT2D eigenvalue weighted by molar-refractivity contribution is 0.822. The second-order valence-corrected chi connectivity index (χ2v) is 4.03. The molecule has 72 valence electrons. The highest BCUT2D eigenvalue weighted by Gasteiger charge is 2.12. The van der Waals surface area contributed by atoms with Gasteiger partial charge in [-0.1, -0.05) is 42.5 Å². The molecule has 0 saturated heterocycles.